The Kier molecular flexibility index (Phi) is 6.02. The van der Waals surface area contributed by atoms with Gasteiger partial charge in [-0.05, 0) is 70.2 Å². The summed E-state index contributed by atoms with van der Waals surface area (Å²) in [4.78, 5) is 0. The Morgan fingerprint density at radius 2 is 0.667 bits per heavy atom. The minimum Gasteiger partial charge on any atom is -0.0624 e. The molecular weight excluding hydrogens is 573 g/mol. The molecule has 0 radical (unpaired) electrons. The molecule has 1 heterocycles. The smallest absolute Gasteiger partial charge is 0.0624 e. The minimum atomic E-state index is -2.74. The second kappa shape index (κ2) is 10.3. The first-order valence-electron chi connectivity index (χ1n) is 15.9. The molecule has 0 N–H and O–H groups in total. The monoisotopic (exact) mass is 604 g/mol. The Balaban J connectivity index is 1.44. The summed E-state index contributed by atoms with van der Waals surface area (Å²) in [6.45, 7) is 0. The molecule has 2 aliphatic rings. The Bertz CT molecular complexity index is 2100. The summed E-state index contributed by atoms with van der Waals surface area (Å²) in [7, 11) is -5.41. The molecule has 7 aromatic rings. The molecule has 0 unspecified atom stereocenters. The predicted octanol–water partition coefficient (Wildman–Crippen LogP) is 4.33. The van der Waals surface area contributed by atoms with Gasteiger partial charge >= 0.3 is 0 Å². The standard InChI is InChI=1S/C43H32Si2/c1-4-17-34(18-5-1)44(35-19-6-2-7-20-35)40-24-12-14-26-42(40)45(36-21-8-3-9-22-36,43-27-15-13-25-41(43)44)37-28-29-39-33(31-37)30-32-16-10-11-23-38(32)39/h1-29,31H,30H2. The summed E-state index contributed by atoms with van der Waals surface area (Å²) in [5.41, 5.74) is 5.66. The summed E-state index contributed by atoms with van der Waals surface area (Å²) in [6, 6.07) is 69.7. The van der Waals surface area contributed by atoms with Gasteiger partial charge < -0.3 is 0 Å². The van der Waals surface area contributed by atoms with Crippen molar-refractivity contribution in [2.24, 2.45) is 0 Å². The van der Waals surface area contributed by atoms with Gasteiger partial charge in [-0.3, -0.25) is 0 Å². The number of fused-ring (bicyclic) bond motifs is 5. The van der Waals surface area contributed by atoms with E-state index in [-0.39, 0.29) is 0 Å². The van der Waals surface area contributed by atoms with Crippen molar-refractivity contribution in [1.29, 1.82) is 0 Å². The van der Waals surface area contributed by atoms with Crippen LogP contribution in [0.2, 0.25) is 0 Å². The topological polar surface area (TPSA) is 0 Å². The average molecular weight is 605 g/mol. The van der Waals surface area contributed by atoms with Crippen LogP contribution in [0.3, 0.4) is 0 Å². The summed E-state index contributed by atoms with van der Waals surface area (Å²) in [5, 5.41) is 11.9. The number of rotatable bonds is 4. The number of hydrogen-bond donors (Lipinski definition) is 0. The molecule has 0 spiro atoms. The van der Waals surface area contributed by atoms with Gasteiger partial charge in [0.15, 0.2) is 16.1 Å². The van der Waals surface area contributed by atoms with Gasteiger partial charge in [-0.15, -0.1) is 0 Å². The van der Waals surface area contributed by atoms with Crippen LogP contribution in [0, 0.1) is 0 Å². The van der Waals surface area contributed by atoms with Gasteiger partial charge in [-0.25, -0.2) is 0 Å². The molecular formula is C43H32Si2. The van der Waals surface area contributed by atoms with E-state index in [1.807, 2.05) is 0 Å². The van der Waals surface area contributed by atoms with E-state index in [0.29, 0.717) is 0 Å². The van der Waals surface area contributed by atoms with Gasteiger partial charge in [0, 0.05) is 0 Å². The summed E-state index contributed by atoms with van der Waals surface area (Å²) in [6.07, 6.45) is 0.995. The molecule has 0 saturated carbocycles. The first-order chi connectivity index (χ1) is 22.3. The Morgan fingerprint density at radius 1 is 0.289 bits per heavy atom. The minimum absolute atomic E-state index is 0.995. The normalized spacial score (nSPS) is 14.9. The van der Waals surface area contributed by atoms with E-state index in [9.17, 15) is 0 Å². The van der Waals surface area contributed by atoms with Crippen LogP contribution in [0.25, 0.3) is 11.1 Å². The lowest BCUT2D eigenvalue weighted by Crippen LogP contribution is -2.93. The second-order valence-electron chi connectivity index (χ2n) is 12.4. The molecule has 0 aromatic heterocycles. The van der Waals surface area contributed by atoms with Crippen molar-refractivity contribution in [1.82, 2.24) is 0 Å². The molecule has 1 aliphatic carbocycles. The molecule has 1 aliphatic heterocycles. The SMILES string of the molecule is c1ccc([Si]2(c3ccccc3)c3ccccc3[Si](c3ccccc3)(c3ccc4c(c3)Cc3ccccc3-4)c3ccccc32)cc1. The second-order valence-corrected chi connectivity index (χ2v) is 19.9. The molecule has 45 heavy (non-hydrogen) atoms. The van der Waals surface area contributed by atoms with Crippen LogP contribution in [0.1, 0.15) is 11.1 Å². The van der Waals surface area contributed by atoms with Crippen LogP contribution in [0.4, 0.5) is 0 Å². The van der Waals surface area contributed by atoms with Crippen LogP contribution in [0.15, 0.2) is 182 Å². The molecule has 0 amide bonds. The van der Waals surface area contributed by atoms with Crippen LogP contribution in [-0.4, -0.2) is 16.1 Å². The van der Waals surface area contributed by atoms with Crippen LogP contribution < -0.4 is 41.5 Å². The van der Waals surface area contributed by atoms with Crippen LogP contribution >= 0.6 is 0 Å². The maximum absolute atomic E-state index is 2.74. The highest BCUT2D eigenvalue weighted by Crippen LogP contribution is 2.36. The lowest BCUT2D eigenvalue weighted by atomic mass is 10.1. The molecule has 0 nitrogen and oxygen atoms in total. The Hall–Kier alpha value is -5.03. The van der Waals surface area contributed by atoms with E-state index in [1.54, 1.807) is 0 Å². The fourth-order valence-corrected chi connectivity index (χ4v) is 20.7. The van der Waals surface area contributed by atoms with Crippen LogP contribution in [-0.2, 0) is 6.42 Å². The van der Waals surface area contributed by atoms with Crippen molar-refractivity contribution in [3.8, 4) is 11.1 Å². The van der Waals surface area contributed by atoms with E-state index in [4.69, 9.17) is 0 Å². The zero-order valence-corrected chi connectivity index (χ0v) is 27.0. The molecule has 0 bridgehead atoms. The molecule has 0 atom stereocenters. The number of benzene rings is 7. The highest BCUT2D eigenvalue weighted by Gasteiger charge is 2.56. The van der Waals surface area contributed by atoms with Gasteiger partial charge in [0.05, 0.1) is 0 Å². The molecule has 2 heteroatoms. The third kappa shape index (κ3) is 3.64. The highest BCUT2D eigenvalue weighted by molar-refractivity contribution is 7.32. The average Bonchev–Trinajstić information content (AvgIpc) is 3.50. The molecule has 0 saturated heterocycles. The van der Waals surface area contributed by atoms with Gasteiger partial charge in [0.25, 0.3) is 0 Å². The summed E-state index contributed by atoms with van der Waals surface area (Å²) < 4.78 is 0. The van der Waals surface area contributed by atoms with E-state index in [0.717, 1.165) is 6.42 Å². The van der Waals surface area contributed by atoms with Gasteiger partial charge in [-0.1, -0.05) is 182 Å². The van der Waals surface area contributed by atoms with Crippen molar-refractivity contribution in [3.63, 3.8) is 0 Å². The van der Waals surface area contributed by atoms with Gasteiger partial charge in [0.2, 0.25) is 0 Å². The van der Waals surface area contributed by atoms with Crippen molar-refractivity contribution in [2.75, 3.05) is 0 Å². The zero-order chi connectivity index (χ0) is 29.8. The third-order valence-electron chi connectivity index (χ3n) is 10.3. The molecule has 9 rings (SSSR count). The van der Waals surface area contributed by atoms with Gasteiger partial charge in [-0.2, -0.15) is 0 Å². The fraction of sp³-hybridized carbons (Fsp3) is 0.0233. The zero-order valence-electron chi connectivity index (χ0n) is 25.0. The number of hydrogen-bond acceptors (Lipinski definition) is 0. The Morgan fingerprint density at radius 3 is 1.16 bits per heavy atom. The van der Waals surface area contributed by atoms with Crippen molar-refractivity contribution in [2.45, 2.75) is 6.42 Å². The van der Waals surface area contributed by atoms with Gasteiger partial charge in [0.1, 0.15) is 0 Å². The van der Waals surface area contributed by atoms with E-state index < -0.39 is 16.1 Å². The van der Waals surface area contributed by atoms with Crippen molar-refractivity contribution < 1.29 is 0 Å². The molecule has 7 aromatic carbocycles. The lowest BCUT2D eigenvalue weighted by Gasteiger charge is -2.48. The summed E-state index contributed by atoms with van der Waals surface area (Å²) >= 11 is 0. The molecule has 0 fully saturated rings. The summed E-state index contributed by atoms with van der Waals surface area (Å²) in [5.74, 6) is 0. The van der Waals surface area contributed by atoms with E-state index in [2.05, 4.69) is 182 Å². The van der Waals surface area contributed by atoms with E-state index in [1.165, 1.54) is 63.7 Å². The van der Waals surface area contributed by atoms with E-state index >= 15 is 0 Å². The van der Waals surface area contributed by atoms with Crippen molar-refractivity contribution in [3.05, 3.63) is 193 Å². The maximum Gasteiger partial charge on any atom is 0.179 e. The Labute approximate surface area is 267 Å². The predicted molar refractivity (Wildman–Crippen MR) is 195 cm³/mol. The first kappa shape index (κ1) is 26.4. The molecule has 212 valence electrons. The third-order valence-corrected chi connectivity index (χ3v) is 20.6. The first-order valence-corrected chi connectivity index (χ1v) is 19.9. The fourth-order valence-electron chi connectivity index (χ4n) is 8.58. The maximum atomic E-state index is 2.59. The van der Waals surface area contributed by atoms with Crippen molar-refractivity contribution >= 4 is 57.6 Å². The van der Waals surface area contributed by atoms with Crippen LogP contribution in [0.5, 0.6) is 0 Å². The quantitative estimate of drug-likeness (QED) is 0.263. The lowest BCUT2D eigenvalue weighted by molar-refractivity contribution is 1.27. The highest BCUT2D eigenvalue weighted by atomic mass is 28.3. The largest absolute Gasteiger partial charge is 0.179 e.